The summed E-state index contributed by atoms with van der Waals surface area (Å²) in [5.74, 6) is 0.511. The largest absolute Gasteiger partial charge is 0.336 e. The maximum absolute atomic E-state index is 12.3. The fourth-order valence-electron chi connectivity index (χ4n) is 2.43. The van der Waals surface area contributed by atoms with Gasteiger partial charge in [-0.1, -0.05) is 0 Å². The first-order chi connectivity index (χ1) is 8.11. The number of likely N-dealkylation sites (tertiary alicyclic amines) is 1. The molecule has 4 nitrogen and oxygen atoms in total. The molecule has 1 aromatic heterocycles. The van der Waals surface area contributed by atoms with Crippen molar-refractivity contribution in [1.82, 2.24) is 9.88 Å². The van der Waals surface area contributed by atoms with Crippen molar-refractivity contribution in [1.29, 1.82) is 0 Å². The van der Waals surface area contributed by atoms with Crippen LogP contribution in [-0.2, 0) is 0 Å². The predicted octanol–water partition coefficient (Wildman–Crippen LogP) is 1.20. The second kappa shape index (κ2) is 4.84. The summed E-state index contributed by atoms with van der Waals surface area (Å²) in [5.41, 5.74) is 7.36. The van der Waals surface area contributed by atoms with Gasteiger partial charge in [-0.3, -0.25) is 9.78 Å². The number of pyridine rings is 1. The maximum Gasteiger partial charge on any atom is 0.255 e. The molecule has 1 saturated heterocycles. The molecule has 1 amide bonds. The van der Waals surface area contributed by atoms with Crippen LogP contribution in [0.5, 0.6) is 0 Å². The van der Waals surface area contributed by atoms with Crippen LogP contribution in [0, 0.1) is 12.8 Å². The lowest BCUT2D eigenvalue weighted by atomic mass is 10.1. The van der Waals surface area contributed by atoms with E-state index in [2.05, 4.69) is 11.9 Å². The predicted molar refractivity (Wildman–Crippen MR) is 66.6 cm³/mol. The van der Waals surface area contributed by atoms with Gasteiger partial charge in [-0.15, -0.1) is 0 Å². The van der Waals surface area contributed by atoms with E-state index in [1.807, 2.05) is 17.9 Å². The number of amides is 1. The van der Waals surface area contributed by atoms with Crippen LogP contribution in [0.25, 0.3) is 0 Å². The summed E-state index contributed by atoms with van der Waals surface area (Å²) in [7, 11) is 0. The summed E-state index contributed by atoms with van der Waals surface area (Å²) in [6.07, 6.45) is 4.40. The van der Waals surface area contributed by atoms with Gasteiger partial charge in [0.05, 0.1) is 5.56 Å². The minimum absolute atomic E-state index is 0.0738. The quantitative estimate of drug-likeness (QED) is 0.835. The minimum atomic E-state index is 0.0738. The van der Waals surface area contributed by atoms with Crippen molar-refractivity contribution in [3.05, 3.63) is 29.6 Å². The Balaban J connectivity index is 2.15. The zero-order chi connectivity index (χ0) is 12.4. The van der Waals surface area contributed by atoms with Crippen molar-refractivity contribution in [3.63, 3.8) is 0 Å². The Morgan fingerprint density at radius 3 is 2.94 bits per heavy atom. The molecule has 2 rings (SSSR count). The molecule has 2 unspecified atom stereocenters. The lowest BCUT2D eigenvalue weighted by molar-refractivity contribution is 0.0743. The Bertz CT molecular complexity index is 419. The van der Waals surface area contributed by atoms with Gasteiger partial charge in [0.25, 0.3) is 5.91 Å². The molecular weight excluding hydrogens is 214 g/mol. The number of nitrogens with zero attached hydrogens (tertiary/aromatic N) is 2. The van der Waals surface area contributed by atoms with Crippen LogP contribution < -0.4 is 5.73 Å². The first-order valence-corrected chi connectivity index (χ1v) is 6.04. The van der Waals surface area contributed by atoms with E-state index in [9.17, 15) is 4.79 Å². The number of rotatable bonds is 2. The summed E-state index contributed by atoms with van der Waals surface area (Å²) >= 11 is 0. The normalized spacial score (nSPS) is 24.1. The van der Waals surface area contributed by atoms with Gasteiger partial charge in [0.15, 0.2) is 0 Å². The highest BCUT2D eigenvalue weighted by molar-refractivity contribution is 5.94. The van der Waals surface area contributed by atoms with Gasteiger partial charge in [-0.25, -0.2) is 0 Å². The molecule has 17 heavy (non-hydrogen) atoms. The lowest BCUT2D eigenvalue weighted by Crippen LogP contribution is -2.34. The van der Waals surface area contributed by atoms with Crippen LogP contribution in [-0.4, -0.2) is 34.9 Å². The van der Waals surface area contributed by atoms with Crippen molar-refractivity contribution < 1.29 is 4.79 Å². The van der Waals surface area contributed by atoms with Gasteiger partial charge in [0, 0.05) is 25.0 Å². The summed E-state index contributed by atoms with van der Waals surface area (Å²) < 4.78 is 0. The zero-order valence-electron chi connectivity index (χ0n) is 10.4. The third-order valence-corrected chi connectivity index (χ3v) is 3.38. The number of aryl methyl sites for hydroxylation is 1. The van der Waals surface area contributed by atoms with Crippen LogP contribution in [0.15, 0.2) is 18.5 Å². The monoisotopic (exact) mass is 233 g/mol. The van der Waals surface area contributed by atoms with E-state index in [-0.39, 0.29) is 11.9 Å². The summed E-state index contributed by atoms with van der Waals surface area (Å²) in [6.45, 7) is 5.45. The second-order valence-corrected chi connectivity index (χ2v) is 4.89. The summed E-state index contributed by atoms with van der Waals surface area (Å²) in [6, 6.07) is 2.16. The third-order valence-electron chi connectivity index (χ3n) is 3.38. The first-order valence-electron chi connectivity index (χ1n) is 6.04. The molecule has 0 aromatic carbocycles. The van der Waals surface area contributed by atoms with Crippen LogP contribution in [0.1, 0.15) is 29.3 Å². The van der Waals surface area contributed by atoms with Crippen molar-refractivity contribution in [2.75, 3.05) is 13.1 Å². The van der Waals surface area contributed by atoms with Gasteiger partial charge in [-0.05, 0) is 44.4 Å². The molecule has 0 spiro atoms. The molecule has 4 heteroatoms. The molecule has 0 radical (unpaired) electrons. The Morgan fingerprint density at radius 2 is 2.35 bits per heavy atom. The molecule has 0 bridgehead atoms. The molecule has 1 aliphatic rings. The van der Waals surface area contributed by atoms with E-state index in [0.29, 0.717) is 18.0 Å². The van der Waals surface area contributed by atoms with Crippen LogP contribution in [0.3, 0.4) is 0 Å². The van der Waals surface area contributed by atoms with Crippen molar-refractivity contribution in [3.8, 4) is 0 Å². The zero-order valence-corrected chi connectivity index (χ0v) is 10.4. The Kier molecular flexibility index (Phi) is 3.43. The van der Waals surface area contributed by atoms with Gasteiger partial charge < -0.3 is 10.6 Å². The maximum atomic E-state index is 12.3. The number of hydrogen-bond donors (Lipinski definition) is 1. The van der Waals surface area contributed by atoms with E-state index >= 15 is 0 Å². The Hall–Kier alpha value is -1.42. The van der Waals surface area contributed by atoms with E-state index in [0.717, 1.165) is 18.5 Å². The summed E-state index contributed by atoms with van der Waals surface area (Å²) in [5, 5.41) is 0. The average Bonchev–Trinajstić information content (AvgIpc) is 2.69. The molecule has 1 fully saturated rings. The van der Waals surface area contributed by atoms with Gasteiger partial charge in [0.1, 0.15) is 0 Å². The van der Waals surface area contributed by atoms with Crippen molar-refractivity contribution in [2.45, 2.75) is 26.3 Å². The van der Waals surface area contributed by atoms with Gasteiger partial charge in [0.2, 0.25) is 0 Å². The van der Waals surface area contributed by atoms with Crippen LogP contribution >= 0.6 is 0 Å². The highest BCUT2D eigenvalue weighted by atomic mass is 16.2. The summed E-state index contributed by atoms with van der Waals surface area (Å²) in [4.78, 5) is 18.3. The number of hydrogen-bond acceptors (Lipinski definition) is 3. The fraction of sp³-hybridized carbons (Fsp3) is 0.538. The Morgan fingerprint density at radius 1 is 1.59 bits per heavy atom. The average molecular weight is 233 g/mol. The van der Waals surface area contributed by atoms with Crippen molar-refractivity contribution >= 4 is 5.91 Å². The number of carbonyl (C=O) groups is 1. The first kappa shape index (κ1) is 12.0. The van der Waals surface area contributed by atoms with E-state index in [1.54, 1.807) is 12.4 Å². The molecule has 0 saturated carbocycles. The molecular formula is C13H19N3O. The molecule has 92 valence electrons. The van der Waals surface area contributed by atoms with Crippen LogP contribution in [0.4, 0.5) is 0 Å². The molecule has 2 N–H and O–H groups in total. The lowest BCUT2D eigenvalue weighted by Gasteiger charge is -2.21. The highest BCUT2D eigenvalue weighted by Crippen LogP contribution is 2.24. The van der Waals surface area contributed by atoms with E-state index in [1.165, 1.54) is 0 Å². The standard InChI is InChI=1S/C13H19N3O/c1-9-3-12(7-15-6-9)13(17)16-8-11(5-14)4-10(16)2/h3,6-7,10-11H,4-5,8,14H2,1-2H3. The topological polar surface area (TPSA) is 59.2 Å². The molecule has 2 atom stereocenters. The number of carbonyl (C=O) groups excluding carboxylic acids is 1. The van der Waals surface area contributed by atoms with Gasteiger partial charge in [-0.2, -0.15) is 0 Å². The fourth-order valence-corrected chi connectivity index (χ4v) is 2.43. The number of aromatic nitrogens is 1. The number of nitrogens with two attached hydrogens (primary N) is 1. The van der Waals surface area contributed by atoms with Crippen LogP contribution in [0.2, 0.25) is 0 Å². The molecule has 0 aliphatic carbocycles. The second-order valence-electron chi connectivity index (χ2n) is 4.89. The molecule has 2 heterocycles. The molecule has 1 aromatic rings. The van der Waals surface area contributed by atoms with E-state index in [4.69, 9.17) is 5.73 Å². The smallest absolute Gasteiger partial charge is 0.255 e. The third kappa shape index (κ3) is 2.47. The van der Waals surface area contributed by atoms with Gasteiger partial charge >= 0.3 is 0 Å². The van der Waals surface area contributed by atoms with Crippen molar-refractivity contribution in [2.24, 2.45) is 11.7 Å². The minimum Gasteiger partial charge on any atom is -0.336 e. The molecule has 1 aliphatic heterocycles. The van der Waals surface area contributed by atoms with E-state index < -0.39 is 0 Å². The highest BCUT2D eigenvalue weighted by Gasteiger charge is 2.32. The Labute approximate surface area is 102 Å². The SMILES string of the molecule is Cc1cncc(C(=O)N2CC(CN)CC2C)c1.